The first-order valence-electron chi connectivity index (χ1n) is 5.55. The smallest absolute Gasteiger partial charge is 0.213 e. The zero-order chi connectivity index (χ0) is 11.5. The van der Waals surface area contributed by atoms with Gasteiger partial charge in [0.05, 0.1) is 5.75 Å². The van der Waals surface area contributed by atoms with Crippen molar-refractivity contribution in [3.63, 3.8) is 0 Å². The third-order valence-electron chi connectivity index (χ3n) is 2.94. The van der Waals surface area contributed by atoms with Crippen LogP contribution in [-0.2, 0) is 10.0 Å². The van der Waals surface area contributed by atoms with Gasteiger partial charge >= 0.3 is 0 Å². The van der Waals surface area contributed by atoms with E-state index in [0.29, 0.717) is 0 Å². The van der Waals surface area contributed by atoms with Crippen LogP contribution in [0.5, 0.6) is 0 Å². The molecule has 1 saturated carbocycles. The molecule has 0 amide bonds. The molecule has 0 heterocycles. The first-order chi connectivity index (χ1) is 6.85. The summed E-state index contributed by atoms with van der Waals surface area (Å²) in [5.74, 6) is 0.0317. The van der Waals surface area contributed by atoms with E-state index < -0.39 is 10.0 Å². The van der Waals surface area contributed by atoms with Crippen molar-refractivity contribution in [3.05, 3.63) is 0 Å². The van der Waals surface area contributed by atoms with E-state index in [0.717, 1.165) is 19.3 Å². The molecule has 4 nitrogen and oxygen atoms in total. The maximum atomic E-state index is 11.5. The van der Waals surface area contributed by atoms with Crippen molar-refractivity contribution in [1.29, 1.82) is 0 Å². The van der Waals surface area contributed by atoms with E-state index in [4.69, 9.17) is 5.73 Å². The molecular weight excluding hydrogens is 212 g/mol. The average molecular weight is 234 g/mol. The zero-order valence-corrected chi connectivity index (χ0v) is 10.4. The maximum absolute atomic E-state index is 11.5. The van der Waals surface area contributed by atoms with Gasteiger partial charge in [0.2, 0.25) is 10.0 Å². The second-order valence-corrected chi connectivity index (χ2v) is 7.06. The van der Waals surface area contributed by atoms with E-state index in [2.05, 4.69) is 18.6 Å². The number of hydrogen-bond donors (Lipinski definition) is 2. The fourth-order valence-electron chi connectivity index (χ4n) is 2.27. The van der Waals surface area contributed by atoms with Crippen LogP contribution in [-0.4, -0.2) is 26.8 Å². The summed E-state index contributed by atoms with van der Waals surface area (Å²) in [7, 11) is -3.16. The lowest BCUT2D eigenvalue weighted by molar-refractivity contribution is 0.212. The molecule has 0 aromatic carbocycles. The molecule has 1 fully saturated rings. The summed E-state index contributed by atoms with van der Waals surface area (Å²) >= 11 is 0. The molecule has 0 aliphatic heterocycles. The van der Waals surface area contributed by atoms with Crippen LogP contribution in [0.25, 0.3) is 0 Å². The molecule has 0 aromatic heterocycles. The Bertz CT molecular complexity index is 299. The van der Waals surface area contributed by atoms with Crippen LogP contribution in [0.15, 0.2) is 0 Å². The molecule has 0 radical (unpaired) electrons. The van der Waals surface area contributed by atoms with Crippen LogP contribution in [0, 0.1) is 5.41 Å². The third-order valence-corrected chi connectivity index (χ3v) is 4.40. The molecule has 3 N–H and O–H groups in total. The summed E-state index contributed by atoms with van der Waals surface area (Å²) < 4.78 is 25.8. The van der Waals surface area contributed by atoms with Gasteiger partial charge in [-0.25, -0.2) is 13.1 Å². The average Bonchev–Trinajstić information content (AvgIpc) is 1.99. The molecule has 1 aliphatic carbocycles. The Kier molecular flexibility index (Phi) is 4.14. The normalized spacial score (nSPS) is 26.5. The molecular formula is C10H22N2O2S. The minimum atomic E-state index is -3.16. The zero-order valence-electron chi connectivity index (χ0n) is 9.62. The monoisotopic (exact) mass is 234 g/mol. The van der Waals surface area contributed by atoms with Crippen LogP contribution in [0.1, 0.15) is 39.5 Å². The van der Waals surface area contributed by atoms with Crippen molar-refractivity contribution >= 4 is 10.0 Å². The SMILES string of the molecule is CC1(C)CCCC(NS(=O)(=O)CCN)C1. The maximum Gasteiger partial charge on any atom is 0.213 e. The highest BCUT2D eigenvalue weighted by molar-refractivity contribution is 7.89. The van der Waals surface area contributed by atoms with Crippen molar-refractivity contribution in [3.8, 4) is 0 Å². The minimum Gasteiger partial charge on any atom is -0.329 e. The summed E-state index contributed by atoms with van der Waals surface area (Å²) in [6.07, 6.45) is 4.16. The molecule has 1 aliphatic rings. The van der Waals surface area contributed by atoms with E-state index in [1.165, 1.54) is 6.42 Å². The molecule has 15 heavy (non-hydrogen) atoms. The quantitative estimate of drug-likeness (QED) is 0.757. The van der Waals surface area contributed by atoms with Gasteiger partial charge in [0.25, 0.3) is 0 Å². The van der Waals surface area contributed by atoms with Gasteiger partial charge in [-0.15, -0.1) is 0 Å². The first kappa shape index (κ1) is 12.9. The van der Waals surface area contributed by atoms with E-state index in [-0.39, 0.29) is 23.8 Å². The first-order valence-corrected chi connectivity index (χ1v) is 7.20. The van der Waals surface area contributed by atoms with Gasteiger partial charge in [-0.2, -0.15) is 0 Å². The molecule has 1 atom stereocenters. The van der Waals surface area contributed by atoms with E-state index in [9.17, 15) is 8.42 Å². The predicted molar refractivity (Wildman–Crippen MR) is 62.0 cm³/mol. The second-order valence-electron chi connectivity index (χ2n) is 5.18. The van der Waals surface area contributed by atoms with Crippen molar-refractivity contribution in [2.45, 2.75) is 45.6 Å². The van der Waals surface area contributed by atoms with E-state index in [1.54, 1.807) is 0 Å². The van der Waals surface area contributed by atoms with Crippen molar-refractivity contribution in [1.82, 2.24) is 4.72 Å². The summed E-state index contributed by atoms with van der Waals surface area (Å²) in [4.78, 5) is 0. The van der Waals surface area contributed by atoms with Gasteiger partial charge in [0.1, 0.15) is 0 Å². The molecule has 0 aromatic rings. The topological polar surface area (TPSA) is 72.2 Å². The molecule has 0 bridgehead atoms. The molecule has 90 valence electrons. The standard InChI is InChI=1S/C10H22N2O2S/c1-10(2)5-3-4-9(8-10)12-15(13,14)7-6-11/h9,12H,3-8,11H2,1-2H3. The number of hydrogen-bond acceptors (Lipinski definition) is 3. The van der Waals surface area contributed by atoms with Crippen molar-refractivity contribution in [2.75, 3.05) is 12.3 Å². The van der Waals surface area contributed by atoms with Gasteiger partial charge in [0, 0.05) is 12.6 Å². The highest BCUT2D eigenvalue weighted by Crippen LogP contribution is 2.35. The van der Waals surface area contributed by atoms with Crippen LogP contribution in [0.2, 0.25) is 0 Å². The Morgan fingerprint density at radius 3 is 2.67 bits per heavy atom. The minimum absolute atomic E-state index is 0.0317. The highest BCUT2D eigenvalue weighted by atomic mass is 32.2. The Hall–Kier alpha value is -0.130. The lowest BCUT2D eigenvalue weighted by atomic mass is 9.75. The number of nitrogens with one attached hydrogen (secondary N) is 1. The van der Waals surface area contributed by atoms with Gasteiger partial charge in [-0.3, -0.25) is 0 Å². The highest BCUT2D eigenvalue weighted by Gasteiger charge is 2.29. The summed E-state index contributed by atoms with van der Waals surface area (Å²) in [6.45, 7) is 4.57. The Balaban J connectivity index is 2.52. The summed E-state index contributed by atoms with van der Waals surface area (Å²) in [5.41, 5.74) is 5.51. The van der Waals surface area contributed by atoms with Crippen LogP contribution < -0.4 is 10.5 Å². The molecule has 5 heteroatoms. The largest absolute Gasteiger partial charge is 0.329 e. The fourth-order valence-corrected chi connectivity index (χ4v) is 3.40. The number of rotatable bonds is 4. The van der Waals surface area contributed by atoms with Gasteiger partial charge in [-0.1, -0.05) is 20.3 Å². The van der Waals surface area contributed by atoms with Gasteiger partial charge in [0.15, 0.2) is 0 Å². The predicted octanol–water partition coefficient (Wildman–Crippen LogP) is 0.833. The molecule has 1 rings (SSSR count). The van der Waals surface area contributed by atoms with Crippen molar-refractivity contribution in [2.24, 2.45) is 11.1 Å². The summed E-state index contributed by atoms with van der Waals surface area (Å²) in [6, 6.07) is 0.102. The van der Waals surface area contributed by atoms with Gasteiger partial charge < -0.3 is 5.73 Å². The Labute approximate surface area is 92.7 Å². The van der Waals surface area contributed by atoms with Gasteiger partial charge in [-0.05, 0) is 24.7 Å². The summed E-state index contributed by atoms with van der Waals surface area (Å²) in [5, 5.41) is 0. The molecule has 0 spiro atoms. The second kappa shape index (κ2) is 4.80. The third kappa shape index (κ3) is 4.49. The lowest BCUT2D eigenvalue weighted by Crippen LogP contribution is -2.42. The Morgan fingerprint density at radius 1 is 1.47 bits per heavy atom. The Morgan fingerprint density at radius 2 is 2.13 bits per heavy atom. The number of nitrogens with two attached hydrogens (primary N) is 1. The molecule has 1 unspecified atom stereocenters. The van der Waals surface area contributed by atoms with E-state index >= 15 is 0 Å². The lowest BCUT2D eigenvalue weighted by Gasteiger charge is -2.35. The van der Waals surface area contributed by atoms with Crippen LogP contribution in [0.3, 0.4) is 0 Å². The van der Waals surface area contributed by atoms with E-state index in [1.807, 2.05) is 0 Å². The van der Waals surface area contributed by atoms with Crippen molar-refractivity contribution < 1.29 is 8.42 Å². The molecule has 0 saturated heterocycles. The van der Waals surface area contributed by atoms with Crippen LogP contribution in [0.4, 0.5) is 0 Å². The number of sulfonamides is 1. The fraction of sp³-hybridized carbons (Fsp3) is 1.00. The van der Waals surface area contributed by atoms with Crippen LogP contribution >= 0.6 is 0 Å².